The maximum atomic E-state index is 12.2. The molecule has 2 saturated heterocycles. The van der Waals surface area contributed by atoms with Crippen LogP contribution in [0, 0.1) is 11.8 Å². The van der Waals surface area contributed by atoms with Crippen LogP contribution in [0.4, 0.5) is 0 Å². The molecule has 0 aliphatic carbocycles. The Morgan fingerprint density at radius 3 is 2.45 bits per heavy atom. The van der Waals surface area contributed by atoms with Crippen LogP contribution in [0.25, 0.3) is 0 Å². The van der Waals surface area contributed by atoms with Gasteiger partial charge in [-0.15, -0.1) is 0 Å². The van der Waals surface area contributed by atoms with Gasteiger partial charge >= 0.3 is 5.97 Å². The molecule has 1 atom stereocenters. The van der Waals surface area contributed by atoms with E-state index < -0.39 is 5.97 Å². The van der Waals surface area contributed by atoms with Crippen molar-refractivity contribution in [3.63, 3.8) is 0 Å². The lowest BCUT2D eigenvalue weighted by Gasteiger charge is -2.23. The molecule has 0 bridgehead atoms. The van der Waals surface area contributed by atoms with Gasteiger partial charge in [0.1, 0.15) is 0 Å². The fourth-order valence-corrected chi connectivity index (χ4v) is 3.28. The Bertz CT molecular complexity index is 340. The quantitative estimate of drug-likeness (QED) is 0.774. The summed E-state index contributed by atoms with van der Waals surface area (Å²) in [7, 11) is 0. The Kier molecular flexibility index (Phi) is 5.83. The Morgan fingerprint density at radius 1 is 1.05 bits per heavy atom. The Morgan fingerprint density at radius 2 is 1.75 bits per heavy atom. The van der Waals surface area contributed by atoms with Gasteiger partial charge in [0, 0.05) is 25.9 Å². The van der Waals surface area contributed by atoms with Gasteiger partial charge in [0.15, 0.2) is 0 Å². The topological polar surface area (TPSA) is 69.6 Å². The van der Waals surface area contributed by atoms with E-state index >= 15 is 0 Å². The number of carbonyl (C=O) groups excluding carboxylic acids is 1. The van der Waals surface area contributed by atoms with Crippen molar-refractivity contribution in [1.29, 1.82) is 0 Å². The average molecular weight is 282 g/mol. The minimum atomic E-state index is -0.735. The van der Waals surface area contributed by atoms with E-state index in [4.69, 9.17) is 5.11 Å². The summed E-state index contributed by atoms with van der Waals surface area (Å²) in [6.45, 7) is 3.74. The molecule has 2 fully saturated rings. The second kappa shape index (κ2) is 7.62. The van der Waals surface area contributed by atoms with Gasteiger partial charge in [0.25, 0.3) is 0 Å². The van der Waals surface area contributed by atoms with Crippen LogP contribution in [0.15, 0.2) is 0 Å². The van der Waals surface area contributed by atoms with Crippen LogP contribution in [0.3, 0.4) is 0 Å². The number of nitrogens with one attached hydrogen (secondary N) is 1. The van der Waals surface area contributed by atoms with Crippen molar-refractivity contribution in [3.05, 3.63) is 0 Å². The molecule has 2 heterocycles. The van der Waals surface area contributed by atoms with Gasteiger partial charge in [-0.3, -0.25) is 9.59 Å². The van der Waals surface area contributed by atoms with Gasteiger partial charge in [-0.1, -0.05) is 0 Å². The number of amides is 1. The van der Waals surface area contributed by atoms with E-state index in [0.717, 1.165) is 39.0 Å². The van der Waals surface area contributed by atoms with Gasteiger partial charge in [0.05, 0.1) is 0 Å². The summed E-state index contributed by atoms with van der Waals surface area (Å²) in [4.78, 5) is 24.7. The molecule has 2 aliphatic heterocycles. The van der Waals surface area contributed by atoms with Crippen LogP contribution in [-0.4, -0.2) is 48.1 Å². The molecule has 5 heteroatoms. The Labute approximate surface area is 120 Å². The van der Waals surface area contributed by atoms with E-state index in [2.05, 4.69) is 5.32 Å². The van der Waals surface area contributed by atoms with Crippen molar-refractivity contribution in [2.45, 2.75) is 44.9 Å². The van der Waals surface area contributed by atoms with Crippen LogP contribution in [0.1, 0.15) is 44.9 Å². The number of aliphatic carboxylic acids is 1. The van der Waals surface area contributed by atoms with E-state index in [0.29, 0.717) is 24.7 Å². The van der Waals surface area contributed by atoms with E-state index in [1.54, 1.807) is 0 Å². The number of rotatable bonds is 6. The molecule has 1 amide bonds. The fraction of sp³-hybridized carbons (Fsp3) is 0.867. The first-order valence-corrected chi connectivity index (χ1v) is 7.85. The zero-order valence-corrected chi connectivity index (χ0v) is 12.1. The second-order valence-electron chi connectivity index (χ2n) is 6.16. The normalized spacial score (nSPS) is 24.0. The molecule has 0 aromatic carbocycles. The lowest BCUT2D eigenvalue weighted by molar-refractivity contribution is -0.137. The predicted octanol–water partition coefficient (Wildman–Crippen LogP) is 1.48. The summed E-state index contributed by atoms with van der Waals surface area (Å²) in [5.74, 6) is 0.613. The number of likely N-dealkylation sites (tertiary alicyclic amines) is 1. The van der Waals surface area contributed by atoms with Crippen molar-refractivity contribution >= 4 is 11.9 Å². The second-order valence-corrected chi connectivity index (χ2v) is 6.16. The molecule has 2 N–H and O–H groups in total. The predicted molar refractivity (Wildman–Crippen MR) is 76.4 cm³/mol. The minimum Gasteiger partial charge on any atom is -0.481 e. The van der Waals surface area contributed by atoms with Crippen molar-refractivity contribution in [2.75, 3.05) is 26.2 Å². The van der Waals surface area contributed by atoms with Crippen molar-refractivity contribution < 1.29 is 14.7 Å². The van der Waals surface area contributed by atoms with E-state index in [1.807, 2.05) is 4.90 Å². The summed E-state index contributed by atoms with van der Waals surface area (Å²) in [6, 6.07) is 0. The van der Waals surface area contributed by atoms with Crippen LogP contribution < -0.4 is 5.32 Å². The maximum absolute atomic E-state index is 12.2. The largest absolute Gasteiger partial charge is 0.481 e. The molecule has 114 valence electrons. The monoisotopic (exact) mass is 282 g/mol. The highest BCUT2D eigenvalue weighted by molar-refractivity contribution is 5.76. The number of carboxylic acids is 1. The van der Waals surface area contributed by atoms with Crippen LogP contribution in [0.5, 0.6) is 0 Å². The van der Waals surface area contributed by atoms with Crippen LogP contribution in [-0.2, 0) is 9.59 Å². The maximum Gasteiger partial charge on any atom is 0.303 e. The molecule has 1 unspecified atom stereocenters. The molecule has 0 aromatic rings. The lowest BCUT2D eigenvalue weighted by atomic mass is 9.93. The lowest BCUT2D eigenvalue weighted by Crippen LogP contribution is -2.31. The van der Waals surface area contributed by atoms with Crippen molar-refractivity contribution in [1.82, 2.24) is 10.2 Å². The Balaban J connectivity index is 1.64. The summed E-state index contributed by atoms with van der Waals surface area (Å²) in [5.41, 5.74) is 0. The minimum absolute atomic E-state index is 0.224. The summed E-state index contributed by atoms with van der Waals surface area (Å²) < 4.78 is 0. The molecule has 2 aliphatic rings. The van der Waals surface area contributed by atoms with E-state index in [-0.39, 0.29) is 12.3 Å². The highest BCUT2D eigenvalue weighted by Crippen LogP contribution is 2.23. The number of piperidine rings is 1. The fourth-order valence-electron chi connectivity index (χ4n) is 3.28. The molecular formula is C15H26N2O3. The number of carbonyl (C=O) groups is 2. The number of carboxylic acid groups (broad SMARTS) is 1. The number of hydrogen-bond donors (Lipinski definition) is 2. The first-order chi connectivity index (χ1) is 9.65. The SMILES string of the molecule is O=C(O)CCC1CCN(C(=O)CCC2CCNCC2)C1. The smallest absolute Gasteiger partial charge is 0.303 e. The molecule has 0 aromatic heterocycles. The van der Waals surface area contributed by atoms with Gasteiger partial charge in [-0.25, -0.2) is 0 Å². The molecule has 0 spiro atoms. The van der Waals surface area contributed by atoms with Gasteiger partial charge in [-0.2, -0.15) is 0 Å². The van der Waals surface area contributed by atoms with E-state index in [1.165, 1.54) is 12.8 Å². The highest BCUT2D eigenvalue weighted by atomic mass is 16.4. The number of nitrogens with zero attached hydrogens (tertiary/aromatic N) is 1. The number of hydrogen-bond acceptors (Lipinski definition) is 3. The van der Waals surface area contributed by atoms with Gasteiger partial charge in [0.2, 0.25) is 5.91 Å². The summed E-state index contributed by atoms with van der Waals surface area (Å²) >= 11 is 0. The van der Waals surface area contributed by atoms with Crippen LogP contribution in [0.2, 0.25) is 0 Å². The molecule has 20 heavy (non-hydrogen) atoms. The zero-order chi connectivity index (χ0) is 14.4. The third-order valence-corrected chi connectivity index (χ3v) is 4.63. The average Bonchev–Trinajstić information content (AvgIpc) is 2.92. The zero-order valence-electron chi connectivity index (χ0n) is 12.1. The van der Waals surface area contributed by atoms with Gasteiger partial charge in [-0.05, 0) is 57.0 Å². The standard InChI is InChI=1S/C15H26N2O3/c18-14(3-1-12-5-8-16-9-6-12)17-10-7-13(11-17)2-4-15(19)20/h12-13,16H,1-11H2,(H,19,20). The van der Waals surface area contributed by atoms with Crippen molar-refractivity contribution in [2.24, 2.45) is 11.8 Å². The molecule has 0 radical (unpaired) electrons. The van der Waals surface area contributed by atoms with Gasteiger partial charge < -0.3 is 15.3 Å². The third kappa shape index (κ3) is 4.78. The molecule has 5 nitrogen and oxygen atoms in total. The van der Waals surface area contributed by atoms with Crippen molar-refractivity contribution in [3.8, 4) is 0 Å². The first kappa shape index (κ1) is 15.3. The third-order valence-electron chi connectivity index (χ3n) is 4.63. The summed E-state index contributed by atoms with van der Waals surface area (Å²) in [6.07, 6.45) is 5.94. The summed E-state index contributed by atoms with van der Waals surface area (Å²) in [5, 5.41) is 12.0. The Hall–Kier alpha value is -1.10. The van der Waals surface area contributed by atoms with Crippen LogP contribution >= 0.6 is 0 Å². The highest BCUT2D eigenvalue weighted by Gasteiger charge is 2.26. The van der Waals surface area contributed by atoms with E-state index in [9.17, 15) is 9.59 Å². The molecule has 2 rings (SSSR count). The molecule has 0 saturated carbocycles. The molecular weight excluding hydrogens is 256 g/mol. The first-order valence-electron chi connectivity index (χ1n) is 7.85.